The first kappa shape index (κ1) is 13.9. The summed E-state index contributed by atoms with van der Waals surface area (Å²) in [5, 5.41) is 7.94. The molecule has 1 aliphatic rings. The lowest BCUT2D eigenvalue weighted by molar-refractivity contribution is -0.127. The van der Waals surface area contributed by atoms with Crippen LogP contribution in [0.2, 0.25) is 0 Å². The minimum absolute atomic E-state index is 0.206. The van der Waals surface area contributed by atoms with Gasteiger partial charge in [0.2, 0.25) is 0 Å². The molecule has 0 spiro atoms. The van der Waals surface area contributed by atoms with E-state index in [9.17, 15) is 4.79 Å². The maximum absolute atomic E-state index is 13.0. The van der Waals surface area contributed by atoms with Crippen LogP contribution in [-0.4, -0.2) is 34.0 Å². The number of nitrogens with zero attached hydrogens (tertiary/aromatic N) is 3. The topological polar surface area (TPSA) is 57.0 Å². The minimum atomic E-state index is -0.447. The van der Waals surface area contributed by atoms with Crippen LogP contribution in [0.3, 0.4) is 0 Å². The molecule has 1 aromatic heterocycles. The number of rotatable bonds is 4. The fourth-order valence-electron chi connectivity index (χ4n) is 3.02. The zero-order valence-electron chi connectivity index (χ0n) is 12.2. The molecule has 0 unspecified atom stereocenters. The van der Waals surface area contributed by atoms with Crippen molar-refractivity contribution in [3.63, 3.8) is 0 Å². The largest absolute Gasteiger partial charge is 0.381 e. The number of hydrogen-bond donors (Lipinski definition) is 0. The molecule has 2 aromatic rings. The maximum Gasteiger partial charge on any atom is 0.149 e. The Balaban J connectivity index is 1.90. The van der Waals surface area contributed by atoms with Crippen LogP contribution in [0.15, 0.2) is 36.5 Å². The fraction of sp³-hybridized carbons (Fsp3) is 0.438. The smallest absolute Gasteiger partial charge is 0.149 e. The second kappa shape index (κ2) is 5.77. The Hall–Kier alpha value is -2.01. The molecule has 2 heterocycles. The van der Waals surface area contributed by atoms with Crippen molar-refractivity contribution in [1.82, 2.24) is 15.0 Å². The SMILES string of the molecule is Cn1cc(CC(=O)C2(c3ccccc3)CCOCC2)nn1. The molecule has 1 aliphatic heterocycles. The monoisotopic (exact) mass is 285 g/mol. The molecule has 5 heteroatoms. The lowest BCUT2D eigenvalue weighted by Gasteiger charge is -2.36. The van der Waals surface area contributed by atoms with Gasteiger partial charge in [-0.1, -0.05) is 35.5 Å². The van der Waals surface area contributed by atoms with Crippen molar-refractivity contribution in [2.45, 2.75) is 24.7 Å². The second-order valence-corrected chi connectivity index (χ2v) is 5.54. The van der Waals surface area contributed by atoms with E-state index < -0.39 is 5.41 Å². The van der Waals surface area contributed by atoms with Gasteiger partial charge in [0.1, 0.15) is 5.78 Å². The molecule has 0 saturated carbocycles. The van der Waals surface area contributed by atoms with Crippen LogP contribution in [0, 0.1) is 0 Å². The van der Waals surface area contributed by atoms with Crippen molar-refractivity contribution in [3.05, 3.63) is 47.8 Å². The molecular formula is C16H19N3O2. The quantitative estimate of drug-likeness (QED) is 0.857. The number of carbonyl (C=O) groups excluding carboxylic acids is 1. The Morgan fingerprint density at radius 2 is 2.00 bits per heavy atom. The molecule has 0 atom stereocenters. The van der Waals surface area contributed by atoms with Gasteiger partial charge < -0.3 is 4.74 Å². The summed E-state index contributed by atoms with van der Waals surface area (Å²) in [6.07, 6.45) is 3.59. The van der Waals surface area contributed by atoms with Crippen molar-refractivity contribution >= 4 is 5.78 Å². The van der Waals surface area contributed by atoms with E-state index in [1.807, 2.05) is 37.4 Å². The summed E-state index contributed by atoms with van der Waals surface area (Å²) in [4.78, 5) is 13.0. The predicted octanol–water partition coefficient (Wildman–Crippen LogP) is 1.68. The van der Waals surface area contributed by atoms with Crippen molar-refractivity contribution < 1.29 is 9.53 Å². The number of ether oxygens (including phenoxy) is 1. The van der Waals surface area contributed by atoms with Gasteiger partial charge in [-0.3, -0.25) is 9.48 Å². The molecule has 0 amide bonds. The van der Waals surface area contributed by atoms with Crippen molar-refractivity contribution in [1.29, 1.82) is 0 Å². The molecule has 0 aliphatic carbocycles. The first-order valence-corrected chi connectivity index (χ1v) is 7.22. The fourth-order valence-corrected chi connectivity index (χ4v) is 3.02. The van der Waals surface area contributed by atoms with Crippen LogP contribution >= 0.6 is 0 Å². The highest BCUT2D eigenvalue weighted by Crippen LogP contribution is 2.36. The maximum atomic E-state index is 13.0. The standard InChI is InChI=1S/C16H19N3O2/c1-19-12-14(17-18-19)11-15(20)16(7-9-21-10-8-16)13-5-3-2-4-6-13/h2-6,12H,7-11H2,1H3. The van der Waals surface area contributed by atoms with E-state index in [-0.39, 0.29) is 5.78 Å². The molecular weight excluding hydrogens is 266 g/mol. The van der Waals surface area contributed by atoms with Crippen LogP contribution in [0.5, 0.6) is 0 Å². The third-order valence-corrected chi connectivity index (χ3v) is 4.20. The summed E-state index contributed by atoms with van der Waals surface area (Å²) < 4.78 is 7.09. The predicted molar refractivity (Wildman–Crippen MR) is 77.9 cm³/mol. The van der Waals surface area contributed by atoms with E-state index in [4.69, 9.17) is 4.74 Å². The van der Waals surface area contributed by atoms with Gasteiger partial charge in [0, 0.05) is 26.5 Å². The molecule has 1 aromatic carbocycles. The van der Waals surface area contributed by atoms with E-state index >= 15 is 0 Å². The van der Waals surface area contributed by atoms with Crippen molar-refractivity contribution in [2.24, 2.45) is 7.05 Å². The van der Waals surface area contributed by atoms with Gasteiger partial charge in [0.15, 0.2) is 0 Å². The van der Waals surface area contributed by atoms with Crippen LogP contribution in [0.25, 0.3) is 0 Å². The summed E-state index contributed by atoms with van der Waals surface area (Å²) in [5.41, 5.74) is 1.36. The van der Waals surface area contributed by atoms with Crippen LogP contribution in [0.1, 0.15) is 24.1 Å². The van der Waals surface area contributed by atoms with Crippen LogP contribution in [0.4, 0.5) is 0 Å². The molecule has 1 fully saturated rings. The average molecular weight is 285 g/mol. The van der Waals surface area contributed by atoms with Gasteiger partial charge in [0.25, 0.3) is 0 Å². The molecule has 0 radical (unpaired) electrons. The highest BCUT2D eigenvalue weighted by molar-refractivity contribution is 5.91. The number of hydrogen-bond acceptors (Lipinski definition) is 4. The molecule has 0 bridgehead atoms. The molecule has 110 valence electrons. The zero-order chi connectivity index (χ0) is 14.7. The van der Waals surface area contributed by atoms with Crippen molar-refractivity contribution in [2.75, 3.05) is 13.2 Å². The van der Waals surface area contributed by atoms with Gasteiger partial charge in [0.05, 0.1) is 17.5 Å². The molecule has 0 N–H and O–H groups in total. The van der Waals surface area contributed by atoms with Crippen LogP contribution in [-0.2, 0) is 28.4 Å². The van der Waals surface area contributed by atoms with E-state index in [1.54, 1.807) is 10.9 Å². The number of carbonyl (C=O) groups is 1. The Kier molecular flexibility index (Phi) is 3.84. The van der Waals surface area contributed by atoms with Crippen molar-refractivity contribution in [3.8, 4) is 0 Å². The summed E-state index contributed by atoms with van der Waals surface area (Å²) >= 11 is 0. The molecule has 3 rings (SSSR count). The first-order chi connectivity index (χ1) is 10.2. The summed E-state index contributed by atoms with van der Waals surface area (Å²) in [6, 6.07) is 10.0. The van der Waals surface area contributed by atoms with E-state index in [0.29, 0.717) is 19.6 Å². The number of Topliss-reactive ketones (excluding diaryl/α,β-unsaturated/α-hetero) is 1. The summed E-state index contributed by atoms with van der Waals surface area (Å²) in [5.74, 6) is 0.206. The number of aromatic nitrogens is 3. The van der Waals surface area contributed by atoms with Gasteiger partial charge in [-0.05, 0) is 18.4 Å². The number of aryl methyl sites for hydroxylation is 1. The average Bonchev–Trinajstić information content (AvgIpc) is 2.94. The molecule has 21 heavy (non-hydrogen) atoms. The van der Waals surface area contributed by atoms with Crippen LogP contribution < -0.4 is 0 Å². The zero-order valence-corrected chi connectivity index (χ0v) is 12.2. The minimum Gasteiger partial charge on any atom is -0.381 e. The van der Waals surface area contributed by atoms with Gasteiger partial charge in [-0.15, -0.1) is 5.10 Å². The Labute approximate surface area is 123 Å². The van der Waals surface area contributed by atoms with E-state index in [0.717, 1.165) is 24.1 Å². The highest BCUT2D eigenvalue weighted by atomic mass is 16.5. The lowest BCUT2D eigenvalue weighted by atomic mass is 9.70. The summed E-state index contributed by atoms with van der Waals surface area (Å²) in [6.45, 7) is 1.25. The van der Waals surface area contributed by atoms with Gasteiger partial charge >= 0.3 is 0 Å². The van der Waals surface area contributed by atoms with E-state index in [1.165, 1.54) is 0 Å². The number of benzene rings is 1. The molecule has 5 nitrogen and oxygen atoms in total. The second-order valence-electron chi connectivity index (χ2n) is 5.54. The summed E-state index contributed by atoms with van der Waals surface area (Å²) in [7, 11) is 1.81. The first-order valence-electron chi connectivity index (χ1n) is 7.22. The molecule has 1 saturated heterocycles. The Morgan fingerprint density at radius 1 is 1.29 bits per heavy atom. The van der Waals surface area contributed by atoms with Gasteiger partial charge in [-0.2, -0.15) is 0 Å². The number of ketones is 1. The third kappa shape index (κ3) is 2.74. The Morgan fingerprint density at radius 3 is 2.62 bits per heavy atom. The third-order valence-electron chi connectivity index (χ3n) is 4.20. The lowest BCUT2D eigenvalue weighted by Crippen LogP contribution is -2.42. The highest BCUT2D eigenvalue weighted by Gasteiger charge is 2.41. The Bertz CT molecular complexity index is 615. The van der Waals surface area contributed by atoms with E-state index in [2.05, 4.69) is 10.3 Å². The van der Waals surface area contributed by atoms with Gasteiger partial charge in [-0.25, -0.2) is 0 Å². The normalized spacial score (nSPS) is 17.6.